The predicted molar refractivity (Wildman–Crippen MR) is 98.2 cm³/mol. The highest BCUT2D eigenvalue weighted by molar-refractivity contribution is 9.10. The molecule has 0 spiro atoms. The lowest BCUT2D eigenvalue weighted by Gasteiger charge is -2.12. The molecule has 3 N–H and O–H groups in total. The Labute approximate surface area is 154 Å². The van der Waals surface area contributed by atoms with Gasteiger partial charge >= 0.3 is 0 Å². The SMILES string of the molecule is COc1c(O)cc(CC(Cl)=CCc2ccc(C)cc2O)c(Br)c1O. The predicted octanol–water partition coefficient (Wildman–Crippen LogP) is 4.79. The first-order chi connectivity index (χ1) is 11.3. The molecule has 24 heavy (non-hydrogen) atoms. The van der Waals surface area contributed by atoms with Crippen LogP contribution in [0.15, 0.2) is 39.8 Å². The van der Waals surface area contributed by atoms with Gasteiger partial charge in [0.2, 0.25) is 5.75 Å². The summed E-state index contributed by atoms with van der Waals surface area (Å²) in [5, 5.41) is 30.3. The van der Waals surface area contributed by atoms with E-state index in [9.17, 15) is 15.3 Å². The maximum atomic E-state index is 10.0. The summed E-state index contributed by atoms with van der Waals surface area (Å²) in [6.07, 6.45) is 2.59. The van der Waals surface area contributed by atoms with Crippen molar-refractivity contribution in [1.29, 1.82) is 0 Å². The lowest BCUT2D eigenvalue weighted by molar-refractivity contribution is 0.343. The Hall–Kier alpha value is -1.85. The molecule has 0 atom stereocenters. The number of methoxy groups -OCH3 is 1. The van der Waals surface area contributed by atoms with Gasteiger partial charge in [-0.15, -0.1) is 0 Å². The third kappa shape index (κ3) is 4.16. The van der Waals surface area contributed by atoms with E-state index < -0.39 is 0 Å². The minimum Gasteiger partial charge on any atom is -0.508 e. The van der Waals surface area contributed by atoms with Crippen LogP contribution in [0.4, 0.5) is 0 Å². The molecule has 0 saturated heterocycles. The van der Waals surface area contributed by atoms with Crippen LogP contribution in [-0.4, -0.2) is 22.4 Å². The quantitative estimate of drug-likeness (QED) is 0.659. The standard InChI is InChI=1S/C18H18BrClO4/c1-10-3-4-11(14(21)7-10)5-6-13(20)8-12-9-15(22)18(24-2)17(23)16(12)19/h3-4,6-7,9,21-23H,5,8H2,1-2H3. The number of hydrogen-bond acceptors (Lipinski definition) is 4. The van der Waals surface area contributed by atoms with Gasteiger partial charge in [0.1, 0.15) is 5.75 Å². The minimum atomic E-state index is -0.173. The maximum Gasteiger partial charge on any atom is 0.204 e. The molecule has 0 aliphatic carbocycles. The monoisotopic (exact) mass is 412 g/mol. The van der Waals surface area contributed by atoms with Crippen LogP contribution in [0.25, 0.3) is 0 Å². The van der Waals surface area contributed by atoms with E-state index in [4.69, 9.17) is 16.3 Å². The van der Waals surface area contributed by atoms with E-state index in [0.29, 0.717) is 27.9 Å². The first-order valence-electron chi connectivity index (χ1n) is 7.23. The van der Waals surface area contributed by atoms with Gasteiger partial charge in [-0.05, 0) is 58.1 Å². The van der Waals surface area contributed by atoms with E-state index in [0.717, 1.165) is 11.1 Å². The molecule has 4 nitrogen and oxygen atoms in total. The van der Waals surface area contributed by atoms with Gasteiger partial charge in [-0.2, -0.15) is 0 Å². The molecule has 0 heterocycles. The number of ether oxygens (including phenoxy) is 1. The number of rotatable bonds is 5. The smallest absolute Gasteiger partial charge is 0.204 e. The van der Waals surface area contributed by atoms with E-state index >= 15 is 0 Å². The van der Waals surface area contributed by atoms with Gasteiger partial charge in [0.05, 0.1) is 11.6 Å². The molecule has 0 aliphatic rings. The van der Waals surface area contributed by atoms with Gasteiger partial charge in [-0.1, -0.05) is 29.8 Å². The van der Waals surface area contributed by atoms with Crippen molar-refractivity contribution in [3.63, 3.8) is 0 Å². The number of phenolic OH excluding ortho intramolecular Hbond substituents is 3. The zero-order valence-electron chi connectivity index (χ0n) is 13.3. The number of aromatic hydroxyl groups is 3. The molecule has 0 fully saturated rings. The first-order valence-corrected chi connectivity index (χ1v) is 8.41. The maximum absolute atomic E-state index is 10.0. The summed E-state index contributed by atoms with van der Waals surface area (Å²) in [5.41, 5.74) is 2.39. The van der Waals surface area contributed by atoms with Crippen molar-refractivity contribution in [2.24, 2.45) is 0 Å². The van der Waals surface area contributed by atoms with E-state index in [-0.39, 0.29) is 23.0 Å². The van der Waals surface area contributed by atoms with E-state index in [1.807, 2.05) is 19.1 Å². The summed E-state index contributed by atoms with van der Waals surface area (Å²) in [5.74, 6) is -0.0890. The zero-order chi connectivity index (χ0) is 17.9. The molecule has 2 rings (SSSR count). The Balaban J connectivity index is 2.18. The lowest BCUT2D eigenvalue weighted by atomic mass is 10.1. The number of aryl methyl sites for hydroxylation is 1. The van der Waals surface area contributed by atoms with Crippen molar-refractivity contribution in [3.8, 4) is 23.0 Å². The Morgan fingerprint density at radius 2 is 1.88 bits per heavy atom. The molecule has 0 saturated carbocycles. The number of allylic oxidation sites excluding steroid dienone is 2. The second-order valence-electron chi connectivity index (χ2n) is 5.41. The van der Waals surface area contributed by atoms with Crippen molar-refractivity contribution in [1.82, 2.24) is 0 Å². The fourth-order valence-corrected chi connectivity index (χ4v) is 2.97. The van der Waals surface area contributed by atoms with Crippen LogP contribution in [0.3, 0.4) is 0 Å². The first kappa shape index (κ1) is 18.5. The molecular formula is C18H18BrClO4. The van der Waals surface area contributed by atoms with Crippen LogP contribution in [0.5, 0.6) is 23.0 Å². The van der Waals surface area contributed by atoms with Crippen LogP contribution >= 0.6 is 27.5 Å². The molecule has 2 aromatic carbocycles. The Morgan fingerprint density at radius 1 is 1.17 bits per heavy atom. The van der Waals surface area contributed by atoms with Crippen molar-refractivity contribution >= 4 is 27.5 Å². The average molecular weight is 414 g/mol. The van der Waals surface area contributed by atoms with Gasteiger partial charge in [-0.25, -0.2) is 0 Å². The molecule has 0 aromatic heterocycles. The fourth-order valence-electron chi connectivity index (χ4n) is 2.32. The summed E-state index contributed by atoms with van der Waals surface area (Å²) in [7, 11) is 1.36. The van der Waals surface area contributed by atoms with Gasteiger partial charge in [0.15, 0.2) is 11.5 Å². The molecular weight excluding hydrogens is 396 g/mol. The van der Waals surface area contributed by atoms with E-state index in [1.165, 1.54) is 13.2 Å². The van der Waals surface area contributed by atoms with Crippen LogP contribution in [0.1, 0.15) is 16.7 Å². The molecule has 0 amide bonds. The van der Waals surface area contributed by atoms with Gasteiger partial charge in [-0.3, -0.25) is 0 Å². The molecule has 2 aromatic rings. The summed E-state index contributed by atoms with van der Waals surface area (Å²) in [6, 6.07) is 6.97. The second-order valence-corrected chi connectivity index (χ2v) is 6.69. The van der Waals surface area contributed by atoms with Crippen molar-refractivity contribution < 1.29 is 20.1 Å². The van der Waals surface area contributed by atoms with Crippen LogP contribution in [0.2, 0.25) is 0 Å². The molecule has 0 bridgehead atoms. The van der Waals surface area contributed by atoms with Gasteiger partial charge in [0, 0.05) is 11.5 Å². The minimum absolute atomic E-state index is 0.00954. The van der Waals surface area contributed by atoms with Crippen LogP contribution in [0, 0.1) is 6.92 Å². The largest absolute Gasteiger partial charge is 0.508 e. The Morgan fingerprint density at radius 3 is 2.50 bits per heavy atom. The third-order valence-corrected chi connectivity index (χ3v) is 4.77. The van der Waals surface area contributed by atoms with Crippen LogP contribution < -0.4 is 4.74 Å². The third-order valence-electron chi connectivity index (χ3n) is 3.60. The van der Waals surface area contributed by atoms with E-state index in [1.54, 1.807) is 12.1 Å². The average Bonchev–Trinajstić information content (AvgIpc) is 2.52. The second kappa shape index (κ2) is 7.81. The Kier molecular flexibility index (Phi) is 6.02. The Bertz CT molecular complexity index is 787. The van der Waals surface area contributed by atoms with E-state index in [2.05, 4.69) is 15.9 Å². The number of benzene rings is 2. The molecule has 6 heteroatoms. The molecule has 0 aliphatic heterocycles. The normalized spacial score (nSPS) is 11.6. The van der Waals surface area contributed by atoms with Crippen molar-refractivity contribution in [3.05, 3.63) is 56.5 Å². The summed E-state index contributed by atoms with van der Waals surface area (Å²) >= 11 is 9.55. The topological polar surface area (TPSA) is 69.9 Å². The number of halogens is 2. The summed E-state index contributed by atoms with van der Waals surface area (Å²) in [6.45, 7) is 1.91. The van der Waals surface area contributed by atoms with Gasteiger partial charge < -0.3 is 20.1 Å². The van der Waals surface area contributed by atoms with Gasteiger partial charge in [0.25, 0.3) is 0 Å². The highest BCUT2D eigenvalue weighted by Gasteiger charge is 2.16. The number of phenols is 3. The summed E-state index contributed by atoms with van der Waals surface area (Å²) in [4.78, 5) is 0. The summed E-state index contributed by atoms with van der Waals surface area (Å²) < 4.78 is 5.36. The highest BCUT2D eigenvalue weighted by atomic mass is 79.9. The molecule has 128 valence electrons. The molecule has 0 unspecified atom stereocenters. The highest BCUT2D eigenvalue weighted by Crippen LogP contribution is 2.44. The van der Waals surface area contributed by atoms with Crippen LogP contribution in [-0.2, 0) is 12.8 Å². The zero-order valence-corrected chi connectivity index (χ0v) is 15.6. The lowest BCUT2D eigenvalue weighted by Crippen LogP contribution is -1.93. The number of hydrogen-bond donors (Lipinski definition) is 3. The van der Waals surface area contributed by atoms with Crippen molar-refractivity contribution in [2.75, 3.05) is 7.11 Å². The van der Waals surface area contributed by atoms with Crippen molar-refractivity contribution in [2.45, 2.75) is 19.8 Å². The fraction of sp³-hybridized carbons (Fsp3) is 0.222. The molecule has 0 radical (unpaired) electrons.